The van der Waals surface area contributed by atoms with Gasteiger partial charge in [-0.1, -0.05) is 30.3 Å². The monoisotopic (exact) mass is 412 g/mol. The highest BCUT2D eigenvalue weighted by Gasteiger charge is 2.19. The van der Waals surface area contributed by atoms with Gasteiger partial charge in [-0.2, -0.15) is 5.10 Å². The molecule has 3 aromatic heterocycles. The molecule has 31 heavy (non-hydrogen) atoms. The van der Waals surface area contributed by atoms with Crippen LogP contribution in [0.4, 0.5) is 0 Å². The van der Waals surface area contributed by atoms with Crippen molar-refractivity contribution in [2.45, 2.75) is 27.3 Å². The van der Waals surface area contributed by atoms with E-state index >= 15 is 0 Å². The summed E-state index contributed by atoms with van der Waals surface area (Å²) >= 11 is 0. The molecule has 6 heteroatoms. The molecule has 0 unspecified atom stereocenters. The average Bonchev–Trinajstić information content (AvgIpc) is 3.20. The lowest BCUT2D eigenvalue weighted by molar-refractivity contribution is -0.137. The van der Waals surface area contributed by atoms with Crippen molar-refractivity contribution in [2.24, 2.45) is 0 Å². The van der Waals surface area contributed by atoms with Gasteiger partial charge in [0, 0.05) is 52.7 Å². The van der Waals surface area contributed by atoms with E-state index in [9.17, 15) is 4.79 Å². The molecule has 0 aliphatic rings. The van der Waals surface area contributed by atoms with Crippen molar-refractivity contribution in [3.05, 3.63) is 72.2 Å². The molecule has 4 rings (SSSR count). The zero-order valence-electron chi connectivity index (χ0n) is 17.9. The van der Waals surface area contributed by atoms with Gasteiger partial charge in [0.15, 0.2) is 5.65 Å². The van der Waals surface area contributed by atoms with Crippen LogP contribution >= 0.6 is 0 Å². The topological polar surface area (TPSA) is 69.9 Å². The molecule has 0 radical (unpaired) electrons. The van der Waals surface area contributed by atoms with E-state index in [0.29, 0.717) is 13.2 Å². The molecule has 3 heterocycles. The normalized spacial score (nSPS) is 11.3. The number of ether oxygens (including phenoxy) is 1. The number of pyridine rings is 2. The summed E-state index contributed by atoms with van der Waals surface area (Å²) in [6, 6.07) is 12.0. The highest BCUT2D eigenvalue weighted by Crippen LogP contribution is 2.38. The summed E-state index contributed by atoms with van der Waals surface area (Å²) in [5.41, 5.74) is 6.30. The molecule has 0 bridgehead atoms. The van der Waals surface area contributed by atoms with Gasteiger partial charge in [-0.15, -0.1) is 0 Å². The average molecular weight is 412 g/mol. The van der Waals surface area contributed by atoms with Gasteiger partial charge in [-0.05, 0) is 38.5 Å². The van der Waals surface area contributed by atoms with Crippen LogP contribution < -0.4 is 0 Å². The Kier molecular flexibility index (Phi) is 5.89. The molecular formula is C25H24N4O2. The van der Waals surface area contributed by atoms with E-state index < -0.39 is 0 Å². The van der Waals surface area contributed by atoms with E-state index in [1.165, 1.54) is 6.08 Å². The van der Waals surface area contributed by atoms with Gasteiger partial charge in [-0.25, -0.2) is 14.5 Å². The molecule has 1 aromatic carbocycles. The summed E-state index contributed by atoms with van der Waals surface area (Å²) in [5, 5.41) is 5.46. The number of aryl methyl sites for hydroxylation is 2. The summed E-state index contributed by atoms with van der Waals surface area (Å²) in [6.07, 6.45) is 8.73. The molecule has 0 spiro atoms. The summed E-state index contributed by atoms with van der Waals surface area (Å²) < 4.78 is 6.99. The summed E-state index contributed by atoms with van der Waals surface area (Å²) in [4.78, 5) is 21.5. The Morgan fingerprint density at radius 1 is 1.10 bits per heavy atom. The van der Waals surface area contributed by atoms with Crippen molar-refractivity contribution in [3.63, 3.8) is 0 Å². The van der Waals surface area contributed by atoms with Gasteiger partial charge in [0.05, 0.1) is 18.5 Å². The van der Waals surface area contributed by atoms with Crippen molar-refractivity contribution in [2.75, 3.05) is 6.61 Å². The van der Waals surface area contributed by atoms with E-state index in [1.54, 1.807) is 13.0 Å². The fourth-order valence-electron chi connectivity index (χ4n) is 3.66. The Morgan fingerprint density at radius 2 is 1.90 bits per heavy atom. The number of aromatic nitrogens is 4. The lowest BCUT2D eigenvalue weighted by atomic mass is 9.93. The number of hydrogen-bond donors (Lipinski definition) is 0. The highest BCUT2D eigenvalue weighted by atomic mass is 16.5. The Labute approximate surface area is 181 Å². The van der Waals surface area contributed by atoms with Crippen molar-refractivity contribution in [3.8, 4) is 22.4 Å². The molecule has 4 aromatic rings. The van der Waals surface area contributed by atoms with E-state index in [-0.39, 0.29) is 5.97 Å². The van der Waals surface area contributed by atoms with Gasteiger partial charge in [0.25, 0.3) is 0 Å². The Hall–Kier alpha value is -3.80. The number of hydrogen-bond acceptors (Lipinski definition) is 5. The molecular weight excluding hydrogens is 388 g/mol. The Balaban J connectivity index is 2.08. The summed E-state index contributed by atoms with van der Waals surface area (Å²) in [5.74, 6) is -0.390. The smallest absolute Gasteiger partial charge is 0.330 e. The van der Waals surface area contributed by atoms with Crippen LogP contribution in [0.3, 0.4) is 0 Å². The maximum absolute atomic E-state index is 12.1. The molecule has 0 aliphatic heterocycles. The number of fused-ring (bicyclic) bond motifs is 1. The van der Waals surface area contributed by atoms with Crippen LogP contribution in [0.1, 0.15) is 25.0 Å². The van der Waals surface area contributed by atoms with Crippen molar-refractivity contribution < 1.29 is 9.53 Å². The molecule has 0 aliphatic carbocycles. The van der Waals surface area contributed by atoms with E-state index in [0.717, 1.165) is 44.5 Å². The Morgan fingerprint density at radius 3 is 2.61 bits per heavy atom. The second-order valence-corrected chi connectivity index (χ2v) is 7.15. The predicted octanol–water partition coefficient (Wildman–Crippen LogP) is 5.06. The van der Waals surface area contributed by atoms with Gasteiger partial charge >= 0.3 is 5.97 Å². The van der Waals surface area contributed by atoms with E-state index in [2.05, 4.69) is 16.1 Å². The third-order valence-corrected chi connectivity index (χ3v) is 5.01. The largest absolute Gasteiger partial charge is 0.463 e. The van der Waals surface area contributed by atoms with Crippen LogP contribution in [0.25, 0.3) is 39.5 Å². The zero-order valence-corrected chi connectivity index (χ0v) is 17.9. The molecule has 0 N–H and O–H groups in total. The van der Waals surface area contributed by atoms with Crippen molar-refractivity contribution >= 4 is 23.1 Å². The highest BCUT2D eigenvalue weighted by molar-refractivity contribution is 6.02. The second kappa shape index (κ2) is 8.92. The first-order valence-corrected chi connectivity index (χ1v) is 10.3. The van der Waals surface area contributed by atoms with Gasteiger partial charge < -0.3 is 4.74 Å². The van der Waals surface area contributed by atoms with Crippen LogP contribution in [0.5, 0.6) is 0 Å². The molecule has 156 valence electrons. The van der Waals surface area contributed by atoms with Crippen LogP contribution in [0.2, 0.25) is 0 Å². The minimum atomic E-state index is -0.390. The van der Waals surface area contributed by atoms with Crippen LogP contribution in [-0.2, 0) is 16.1 Å². The van der Waals surface area contributed by atoms with E-state index in [1.807, 2.05) is 67.5 Å². The van der Waals surface area contributed by atoms with Gasteiger partial charge in [-0.3, -0.25) is 4.98 Å². The first-order valence-electron chi connectivity index (χ1n) is 10.3. The molecule has 0 amide bonds. The minimum Gasteiger partial charge on any atom is -0.463 e. The molecule has 6 nitrogen and oxygen atoms in total. The summed E-state index contributed by atoms with van der Waals surface area (Å²) in [6.45, 7) is 6.87. The minimum absolute atomic E-state index is 0.323. The number of benzene rings is 1. The predicted molar refractivity (Wildman–Crippen MR) is 122 cm³/mol. The van der Waals surface area contributed by atoms with Crippen molar-refractivity contribution in [1.82, 2.24) is 19.7 Å². The first kappa shape index (κ1) is 20.5. The molecule has 0 saturated carbocycles. The maximum atomic E-state index is 12.1. The number of carbonyl (C=O) groups excluding carboxylic acids is 1. The SMILES string of the molecule is CCOC(=O)/C=C/c1c(-c2ccccc2)nc2c(cnn2CC)c1-c1cncc(C)c1. The van der Waals surface area contributed by atoms with Gasteiger partial charge in [0.1, 0.15) is 0 Å². The molecule has 0 atom stereocenters. The molecule has 0 fully saturated rings. The fraction of sp³-hybridized carbons (Fsp3) is 0.200. The van der Waals surface area contributed by atoms with Crippen LogP contribution in [0, 0.1) is 6.92 Å². The number of carbonyl (C=O) groups is 1. The zero-order chi connectivity index (χ0) is 21.8. The first-order chi connectivity index (χ1) is 15.1. The summed E-state index contributed by atoms with van der Waals surface area (Å²) in [7, 11) is 0. The third-order valence-electron chi connectivity index (χ3n) is 5.01. The maximum Gasteiger partial charge on any atom is 0.330 e. The van der Waals surface area contributed by atoms with Crippen molar-refractivity contribution in [1.29, 1.82) is 0 Å². The van der Waals surface area contributed by atoms with Crippen LogP contribution in [0.15, 0.2) is 61.1 Å². The standard InChI is InChI=1S/C25H24N4O2/c1-4-29-25-21(16-27-29)23(19-13-17(3)14-26-15-19)20(11-12-22(30)31-5-2)24(28-25)18-9-7-6-8-10-18/h6-16H,4-5H2,1-3H3/b12-11+. The Bertz CT molecular complexity index is 1260. The van der Waals surface area contributed by atoms with Crippen LogP contribution in [-0.4, -0.2) is 32.3 Å². The number of rotatable bonds is 6. The third kappa shape index (κ3) is 4.10. The fourth-order valence-corrected chi connectivity index (χ4v) is 3.66. The number of esters is 1. The van der Waals surface area contributed by atoms with E-state index in [4.69, 9.17) is 9.72 Å². The quantitative estimate of drug-likeness (QED) is 0.327. The number of nitrogens with zero attached hydrogens (tertiary/aromatic N) is 4. The lowest BCUT2D eigenvalue weighted by Crippen LogP contribution is -2.02. The lowest BCUT2D eigenvalue weighted by Gasteiger charge is -2.14. The second-order valence-electron chi connectivity index (χ2n) is 7.15. The molecule has 0 saturated heterocycles. The van der Waals surface area contributed by atoms with Gasteiger partial charge in [0.2, 0.25) is 0 Å².